The predicted molar refractivity (Wildman–Crippen MR) is 82.9 cm³/mol. The summed E-state index contributed by atoms with van der Waals surface area (Å²) < 4.78 is 24.1. The number of ether oxygens (including phenoxy) is 2. The van der Waals surface area contributed by atoms with Crippen LogP contribution in [0, 0.1) is 5.82 Å². The molecule has 22 heavy (non-hydrogen) atoms. The molecule has 2 N–H and O–H groups in total. The number of methoxy groups -OCH3 is 1. The summed E-state index contributed by atoms with van der Waals surface area (Å²) in [6, 6.07) is 8.70. The number of benzene rings is 2. The van der Waals surface area contributed by atoms with Crippen LogP contribution >= 0.6 is 15.9 Å². The number of aromatic hydroxyl groups is 1. The average Bonchev–Trinajstić information content (AvgIpc) is 2.46. The molecule has 0 spiro atoms. The maximum Gasteiger partial charge on any atom is 0.262 e. The van der Waals surface area contributed by atoms with Crippen molar-refractivity contribution in [3.05, 3.63) is 46.7 Å². The summed E-state index contributed by atoms with van der Waals surface area (Å²) in [7, 11) is 1.42. The van der Waals surface area contributed by atoms with Crippen molar-refractivity contribution in [2.45, 2.75) is 0 Å². The molecule has 0 saturated heterocycles. The Kier molecular flexibility index (Phi) is 5.21. The molecule has 0 unspecified atom stereocenters. The van der Waals surface area contributed by atoms with Crippen LogP contribution in [-0.4, -0.2) is 24.7 Å². The largest absolute Gasteiger partial charge is 0.504 e. The molecule has 0 aliphatic carbocycles. The second-order valence-electron chi connectivity index (χ2n) is 4.30. The van der Waals surface area contributed by atoms with Gasteiger partial charge in [-0.15, -0.1) is 0 Å². The Morgan fingerprint density at radius 1 is 1.27 bits per heavy atom. The number of amides is 1. The Labute approximate surface area is 134 Å². The zero-order valence-electron chi connectivity index (χ0n) is 11.6. The molecule has 0 radical (unpaired) electrons. The van der Waals surface area contributed by atoms with E-state index in [1.807, 2.05) is 0 Å². The topological polar surface area (TPSA) is 67.8 Å². The molecule has 2 aromatic carbocycles. The van der Waals surface area contributed by atoms with Crippen LogP contribution in [0.25, 0.3) is 0 Å². The highest BCUT2D eigenvalue weighted by molar-refractivity contribution is 9.10. The minimum absolute atomic E-state index is 0.0177. The lowest BCUT2D eigenvalue weighted by molar-refractivity contribution is -0.118. The Morgan fingerprint density at radius 3 is 2.64 bits per heavy atom. The van der Waals surface area contributed by atoms with Crippen molar-refractivity contribution in [3.63, 3.8) is 0 Å². The lowest BCUT2D eigenvalue weighted by Gasteiger charge is -2.09. The van der Waals surface area contributed by atoms with Crippen molar-refractivity contribution in [1.29, 1.82) is 0 Å². The molecule has 2 rings (SSSR count). The van der Waals surface area contributed by atoms with Crippen molar-refractivity contribution in [2.24, 2.45) is 0 Å². The standard InChI is InChI=1S/C15H13BrFNO4/c1-21-14-5-3-10(7-12(14)19)18-15(20)8-22-13-4-2-9(16)6-11(13)17/h2-7,19H,8H2,1H3,(H,18,20). The first kappa shape index (κ1) is 16.1. The zero-order chi connectivity index (χ0) is 16.1. The van der Waals surface area contributed by atoms with Gasteiger partial charge in [0.15, 0.2) is 29.7 Å². The highest BCUT2D eigenvalue weighted by Gasteiger charge is 2.09. The van der Waals surface area contributed by atoms with E-state index < -0.39 is 11.7 Å². The maximum absolute atomic E-state index is 13.5. The highest BCUT2D eigenvalue weighted by Crippen LogP contribution is 2.28. The van der Waals surface area contributed by atoms with Gasteiger partial charge in [-0.05, 0) is 30.3 Å². The van der Waals surface area contributed by atoms with Crippen LogP contribution in [0.2, 0.25) is 0 Å². The smallest absolute Gasteiger partial charge is 0.262 e. The van der Waals surface area contributed by atoms with Crippen molar-refractivity contribution < 1.29 is 23.8 Å². The molecule has 0 atom stereocenters. The summed E-state index contributed by atoms with van der Waals surface area (Å²) >= 11 is 3.13. The number of anilines is 1. The number of halogens is 2. The van der Waals surface area contributed by atoms with Crippen LogP contribution in [0.3, 0.4) is 0 Å². The third-order valence-corrected chi connectivity index (χ3v) is 3.21. The molecule has 7 heteroatoms. The third-order valence-electron chi connectivity index (χ3n) is 2.72. The number of phenols is 1. The zero-order valence-corrected chi connectivity index (χ0v) is 13.2. The molecule has 0 heterocycles. The first-order chi connectivity index (χ1) is 10.5. The number of carbonyl (C=O) groups is 1. The summed E-state index contributed by atoms with van der Waals surface area (Å²) in [5, 5.41) is 12.1. The first-order valence-corrected chi connectivity index (χ1v) is 7.03. The fourth-order valence-corrected chi connectivity index (χ4v) is 2.03. The first-order valence-electron chi connectivity index (χ1n) is 6.24. The van der Waals surface area contributed by atoms with Gasteiger partial charge >= 0.3 is 0 Å². The van der Waals surface area contributed by atoms with E-state index in [1.54, 1.807) is 12.1 Å². The predicted octanol–water partition coefficient (Wildman–Crippen LogP) is 3.32. The van der Waals surface area contributed by atoms with Gasteiger partial charge in [-0.3, -0.25) is 4.79 Å². The van der Waals surface area contributed by atoms with E-state index in [0.29, 0.717) is 15.9 Å². The highest BCUT2D eigenvalue weighted by atomic mass is 79.9. The number of phenolic OH excluding ortho intramolecular Hbond substituents is 1. The minimum Gasteiger partial charge on any atom is -0.504 e. The van der Waals surface area contributed by atoms with Crippen LogP contribution in [0.1, 0.15) is 0 Å². The van der Waals surface area contributed by atoms with Gasteiger partial charge in [0.2, 0.25) is 0 Å². The van der Waals surface area contributed by atoms with Gasteiger partial charge in [0, 0.05) is 16.2 Å². The second kappa shape index (κ2) is 7.13. The van der Waals surface area contributed by atoms with E-state index in [2.05, 4.69) is 21.2 Å². The summed E-state index contributed by atoms with van der Waals surface area (Å²) in [5.41, 5.74) is 0.378. The normalized spacial score (nSPS) is 10.1. The summed E-state index contributed by atoms with van der Waals surface area (Å²) in [6.45, 7) is -0.356. The van der Waals surface area contributed by atoms with Gasteiger partial charge in [-0.1, -0.05) is 15.9 Å². The van der Waals surface area contributed by atoms with E-state index in [0.717, 1.165) is 0 Å². The lowest BCUT2D eigenvalue weighted by atomic mass is 10.2. The number of hydrogen-bond donors (Lipinski definition) is 2. The van der Waals surface area contributed by atoms with Crippen LogP contribution in [0.4, 0.5) is 10.1 Å². The summed E-state index contributed by atoms with van der Waals surface area (Å²) in [5.74, 6) is -0.863. The van der Waals surface area contributed by atoms with E-state index in [1.165, 1.54) is 31.4 Å². The number of hydrogen-bond acceptors (Lipinski definition) is 4. The molecule has 0 bridgehead atoms. The van der Waals surface area contributed by atoms with E-state index >= 15 is 0 Å². The van der Waals surface area contributed by atoms with E-state index in [9.17, 15) is 14.3 Å². The number of carbonyl (C=O) groups excluding carboxylic acids is 1. The van der Waals surface area contributed by atoms with Crippen LogP contribution in [0.15, 0.2) is 40.9 Å². The average molecular weight is 370 g/mol. The van der Waals surface area contributed by atoms with Crippen molar-refractivity contribution in [1.82, 2.24) is 0 Å². The van der Waals surface area contributed by atoms with Gasteiger partial charge in [0.25, 0.3) is 5.91 Å². The number of rotatable bonds is 5. The molecule has 0 aliphatic heterocycles. The van der Waals surface area contributed by atoms with Crippen molar-refractivity contribution in [2.75, 3.05) is 19.0 Å². The molecule has 0 fully saturated rings. The van der Waals surface area contributed by atoms with Gasteiger partial charge in [0.1, 0.15) is 0 Å². The van der Waals surface area contributed by atoms with Gasteiger partial charge in [0.05, 0.1) is 7.11 Å². The quantitative estimate of drug-likeness (QED) is 0.848. The van der Waals surface area contributed by atoms with E-state index in [4.69, 9.17) is 9.47 Å². The second-order valence-corrected chi connectivity index (χ2v) is 5.21. The monoisotopic (exact) mass is 369 g/mol. The van der Waals surface area contributed by atoms with E-state index in [-0.39, 0.29) is 18.1 Å². The fraction of sp³-hybridized carbons (Fsp3) is 0.133. The summed E-state index contributed by atoms with van der Waals surface area (Å²) in [4.78, 5) is 11.7. The lowest BCUT2D eigenvalue weighted by Crippen LogP contribution is -2.20. The van der Waals surface area contributed by atoms with Crippen LogP contribution in [-0.2, 0) is 4.79 Å². The molecule has 0 aliphatic rings. The molecule has 116 valence electrons. The molecule has 0 aromatic heterocycles. The molecule has 1 amide bonds. The Balaban J connectivity index is 1.94. The molecular weight excluding hydrogens is 357 g/mol. The van der Waals surface area contributed by atoms with Crippen molar-refractivity contribution >= 4 is 27.5 Å². The van der Waals surface area contributed by atoms with Crippen LogP contribution in [0.5, 0.6) is 17.2 Å². The Morgan fingerprint density at radius 2 is 2.00 bits per heavy atom. The minimum atomic E-state index is -0.565. The van der Waals surface area contributed by atoms with Crippen molar-refractivity contribution in [3.8, 4) is 17.2 Å². The Hall–Kier alpha value is -2.28. The molecule has 0 saturated carbocycles. The maximum atomic E-state index is 13.5. The van der Waals surface area contributed by atoms with Gasteiger partial charge < -0.3 is 19.9 Å². The third kappa shape index (κ3) is 4.11. The molecule has 5 nitrogen and oxygen atoms in total. The van der Waals surface area contributed by atoms with Gasteiger partial charge in [-0.2, -0.15) is 0 Å². The molecule has 2 aromatic rings. The van der Waals surface area contributed by atoms with Gasteiger partial charge in [-0.25, -0.2) is 4.39 Å². The SMILES string of the molecule is COc1ccc(NC(=O)COc2ccc(Br)cc2F)cc1O. The summed E-state index contributed by atoms with van der Waals surface area (Å²) in [6.07, 6.45) is 0. The van der Waals surface area contributed by atoms with Crippen LogP contribution < -0.4 is 14.8 Å². The Bertz CT molecular complexity index is 693. The number of nitrogens with one attached hydrogen (secondary N) is 1. The molecular formula is C15H13BrFNO4. The fourth-order valence-electron chi connectivity index (χ4n) is 1.70.